The average molecular weight is 168 g/mol. The van der Waals surface area contributed by atoms with Gasteiger partial charge < -0.3 is 0 Å². The van der Waals surface area contributed by atoms with Crippen LogP contribution in [0.3, 0.4) is 0 Å². The molecule has 0 spiro atoms. The quantitative estimate of drug-likeness (QED) is 0.530. The molecule has 0 atom stereocenters. The molecule has 0 heterocycles. The van der Waals surface area contributed by atoms with E-state index in [0.29, 0.717) is 11.1 Å². The van der Waals surface area contributed by atoms with E-state index in [0.717, 1.165) is 12.1 Å². The molecule has 0 bridgehead atoms. The molecule has 1 aromatic rings. The fourth-order valence-electron chi connectivity index (χ4n) is 1.01. The Labute approximate surface area is 67.0 Å². The fraction of sp³-hybridized carbons (Fsp3) is 0.111. The predicted molar refractivity (Wildman–Crippen MR) is 37.4 cm³/mol. The highest BCUT2D eigenvalue weighted by Gasteiger charge is 2.31. The summed E-state index contributed by atoms with van der Waals surface area (Å²) in [5.41, 5.74) is 0.558. The molecule has 1 aliphatic rings. The van der Waals surface area contributed by atoms with Crippen LogP contribution in [0.4, 0.5) is 13.2 Å². The van der Waals surface area contributed by atoms with Crippen LogP contribution in [0.5, 0.6) is 0 Å². The molecule has 0 radical (unpaired) electrons. The molecular weight excluding hydrogens is 165 g/mol. The number of benzene rings is 1. The summed E-state index contributed by atoms with van der Waals surface area (Å²) in [4.78, 5) is 0. The van der Waals surface area contributed by atoms with E-state index in [1.165, 1.54) is 6.07 Å². The van der Waals surface area contributed by atoms with Gasteiger partial charge in [-0.2, -0.15) is 13.2 Å². The maximum atomic E-state index is 12.1. The number of fused-ring (bicyclic) bond motifs is 1. The van der Waals surface area contributed by atoms with E-state index in [1.54, 1.807) is 0 Å². The summed E-state index contributed by atoms with van der Waals surface area (Å²) in [7, 11) is 0. The zero-order chi connectivity index (χ0) is 8.77. The monoisotopic (exact) mass is 168 g/mol. The van der Waals surface area contributed by atoms with Crippen molar-refractivity contribution >= 4 is 0 Å². The highest BCUT2D eigenvalue weighted by Crippen LogP contribution is 2.31. The predicted octanol–water partition coefficient (Wildman–Crippen LogP) is 2.42. The first-order valence-electron chi connectivity index (χ1n) is 3.30. The first-order valence-corrected chi connectivity index (χ1v) is 3.30. The normalized spacial score (nSPS) is 12.6. The Bertz CT molecular complexity index is 390. The van der Waals surface area contributed by atoms with Gasteiger partial charge >= 0.3 is 6.18 Å². The zero-order valence-electron chi connectivity index (χ0n) is 5.87. The number of alkyl halides is 3. The zero-order valence-corrected chi connectivity index (χ0v) is 5.87. The van der Waals surface area contributed by atoms with Gasteiger partial charge in [0.05, 0.1) is 5.56 Å². The van der Waals surface area contributed by atoms with Crippen LogP contribution in [-0.2, 0) is 6.18 Å². The Morgan fingerprint density at radius 3 is 2.08 bits per heavy atom. The molecule has 0 nitrogen and oxygen atoms in total. The fourth-order valence-corrected chi connectivity index (χ4v) is 1.01. The number of rotatable bonds is 0. The van der Waals surface area contributed by atoms with Crippen molar-refractivity contribution < 1.29 is 13.2 Å². The molecule has 0 N–H and O–H groups in total. The molecule has 0 aromatic heterocycles. The Morgan fingerprint density at radius 2 is 1.67 bits per heavy atom. The van der Waals surface area contributed by atoms with Gasteiger partial charge in [0.1, 0.15) is 0 Å². The van der Waals surface area contributed by atoms with Gasteiger partial charge in [0.15, 0.2) is 0 Å². The lowest BCUT2D eigenvalue weighted by atomic mass is 9.98. The van der Waals surface area contributed by atoms with Gasteiger partial charge in [-0.15, -0.1) is 0 Å². The van der Waals surface area contributed by atoms with Gasteiger partial charge in [0.25, 0.3) is 0 Å². The lowest BCUT2D eigenvalue weighted by molar-refractivity contribution is -0.137. The van der Waals surface area contributed by atoms with E-state index in [2.05, 4.69) is 11.8 Å². The first-order chi connectivity index (χ1) is 5.57. The van der Waals surface area contributed by atoms with Gasteiger partial charge in [0, 0.05) is 11.1 Å². The van der Waals surface area contributed by atoms with Crippen molar-refractivity contribution in [3.8, 4) is 11.8 Å². The van der Waals surface area contributed by atoms with Crippen molar-refractivity contribution in [2.45, 2.75) is 6.18 Å². The molecule has 12 heavy (non-hydrogen) atoms. The SMILES string of the molecule is FC(F)(F)c1ccc2c(c1)C#C2. The summed E-state index contributed by atoms with van der Waals surface area (Å²) >= 11 is 0. The summed E-state index contributed by atoms with van der Waals surface area (Å²) in [5, 5.41) is 0. The molecule has 1 aliphatic carbocycles. The second kappa shape index (κ2) is 2.04. The minimum absolute atomic E-state index is 0.491. The summed E-state index contributed by atoms with van der Waals surface area (Å²) in [6, 6.07) is 3.52. The van der Waals surface area contributed by atoms with Gasteiger partial charge in [0.2, 0.25) is 0 Å². The molecule has 0 saturated carbocycles. The largest absolute Gasteiger partial charge is 0.416 e. The van der Waals surface area contributed by atoms with Gasteiger partial charge in [-0.05, 0) is 18.2 Å². The van der Waals surface area contributed by atoms with Gasteiger partial charge in [-0.3, -0.25) is 0 Å². The molecule has 2 rings (SSSR count). The minimum Gasteiger partial charge on any atom is -0.166 e. The maximum absolute atomic E-state index is 12.1. The lowest BCUT2D eigenvalue weighted by Crippen LogP contribution is -2.06. The maximum Gasteiger partial charge on any atom is 0.416 e. The second-order valence-corrected chi connectivity index (χ2v) is 2.51. The third-order valence-corrected chi connectivity index (χ3v) is 1.68. The third kappa shape index (κ3) is 0.964. The summed E-state index contributed by atoms with van der Waals surface area (Å²) in [5.74, 6) is 5.20. The summed E-state index contributed by atoms with van der Waals surface area (Å²) < 4.78 is 36.2. The average Bonchev–Trinajstić information content (AvgIpc) is 1.89. The van der Waals surface area contributed by atoms with E-state index >= 15 is 0 Å². The van der Waals surface area contributed by atoms with Gasteiger partial charge in [-0.25, -0.2) is 0 Å². The van der Waals surface area contributed by atoms with E-state index in [4.69, 9.17) is 0 Å². The second-order valence-electron chi connectivity index (χ2n) is 2.51. The van der Waals surface area contributed by atoms with Crippen LogP contribution < -0.4 is 0 Å². The molecule has 0 aliphatic heterocycles. The molecule has 0 amide bonds. The molecule has 3 heteroatoms. The van der Waals surface area contributed by atoms with Crippen LogP contribution in [0.2, 0.25) is 0 Å². The van der Waals surface area contributed by atoms with E-state index in [-0.39, 0.29) is 0 Å². The standard InChI is InChI=1S/C9H3F3/c10-9(11,12)8-4-3-6-1-2-7(6)5-8/h3-5H. The summed E-state index contributed by atoms with van der Waals surface area (Å²) in [6.45, 7) is 0. The highest BCUT2D eigenvalue weighted by atomic mass is 19.4. The smallest absolute Gasteiger partial charge is 0.166 e. The minimum atomic E-state index is -4.26. The van der Waals surface area contributed by atoms with Crippen LogP contribution in [0.1, 0.15) is 16.7 Å². The highest BCUT2D eigenvalue weighted by molar-refractivity contribution is 5.61. The van der Waals surface area contributed by atoms with Crippen LogP contribution in [0.25, 0.3) is 0 Å². The van der Waals surface area contributed by atoms with Crippen molar-refractivity contribution in [1.29, 1.82) is 0 Å². The molecular formula is C9H3F3. The Hall–Kier alpha value is -1.43. The van der Waals surface area contributed by atoms with Crippen LogP contribution in [0.15, 0.2) is 18.2 Å². The molecule has 0 unspecified atom stereocenters. The van der Waals surface area contributed by atoms with E-state index < -0.39 is 11.7 Å². The Balaban J connectivity index is 2.47. The van der Waals surface area contributed by atoms with Crippen molar-refractivity contribution in [2.75, 3.05) is 0 Å². The number of hydrogen-bond donors (Lipinski definition) is 0. The summed E-state index contributed by atoms with van der Waals surface area (Å²) in [6.07, 6.45) is -4.26. The van der Waals surface area contributed by atoms with Crippen molar-refractivity contribution in [3.05, 3.63) is 34.9 Å². The van der Waals surface area contributed by atoms with E-state index in [1.807, 2.05) is 0 Å². The lowest BCUT2D eigenvalue weighted by Gasteiger charge is -2.10. The Kier molecular flexibility index (Phi) is 1.23. The molecule has 1 aromatic carbocycles. The Morgan fingerprint density at radius 1 is 1.00 bits per heavy atom. The first kappa shape index (κ1) is 7.23. The third-order valence-electron chi connectivity index (χ3n) is 1.68. The van der Waals surface area contributed by atoms with E-state index in [9.17, 15) is 13.2 Å². The van der Waals surface area contributed by atoms with Crippen molar-refractivity contribution in [1.82, 2.24) is 0 Å². The van der Waals surface area contributed by atoms with Crippen molar-refractivity contribution in [2.24, 2.45) is 0 Å². The van der Waals surface area contributed by atoms with Crippen LogP contribution >= 0.6 is 0 Å². The number of hydrogen-bond acceptors (Lipinski definition) is 0. The molecule has 0 fully saturated rings. The van der Waals surface area contributed by atoms with Crippen LogP contribution in [0, 0.1) is 11.8 Å². The molecule has 60 valence electrons. The van der Waals surface area contributed by atoms with Gasteiger partial charge in [-0.1, -0.05) is 11.8 Å². The van der Waals surface area contributed by atoms with Crippen molar-refractivity contribution in [3.63, 3.8) is 0 Å². The number of halogens is 3. The topological polar surface area (TPSA) is 0 Å². The molecule has 0 saturated heterocycles. The van der Waals surface area contributed by atoms with Crippen LogP contribution in [-0.4, -0.2) is 0 Å².